The van der Waals surface area contributed by atoms with Crippen LogP contribution in [0.3, 0.4) is 0 Å². The molecule has 0 aromatic carbocycles. The molecule has 0 aromatic rings. The van der Waals surface area contributed by atoms with Gasteiger partial charge in [0.1, 0.15) is 6.61 Å². The fourth-order valence-electron chi connectivity index (χ4n) is 0.286. The second kappa shape index (κ2) is 5.95. The minimum atomic E-state index is -0.121. The van der Waals surface area contributed by atoms with Crippen LogP contribution in [0, 0.1) is 23.7 Å². The van der Waals surface area contributed by atoms with Gasteiger partial charge >= 0.3 is 0 Å². The number of aliphatic hydroxyl groups is 1. The van der Waals surface area contributed by atoms with E-state index in [1.54, 1.807) is 0 Å². The molecule has 0 rings (SSSR count). The lowest BCUT2D eigenvalue weighted by atomic mass is 10.3. The topological polar surface area (TPSA) is 20.2 Å². The van der Waals surface area contributed by atoms with Crippen LogP contribution in [0.15, 0.2) is 11.6 Å². The molecule has 0 heterocycles. The third-order valence-corrected chi connectivity index (χ3v) is 0.923. The van der Waals surface area contributed by atoms with E-state index >= 15 is 0 Å². The van der Waals surface area contributed by atoms with Gasteiger partial charge in [-0.1, -0.05) is 17.9 Å². The predicted octanol–water partition coefficient (Wildman–Crippen LogP) is 0.952. The Morgan fingerprint density at radius 1 is 1.50 bits per heavy atom. The monoisotopic (exact) mass is 134 g/mol. The lowest BCUT2D eigenvalue weighted by molar-refractivity contribution is 0.350. The summed E-state index contributed by atoms with van der Waals surface area (Å²) in [4.78, 5) is 0. The first-order chi connectivity index (χ1) is 4.81. The fraction of sp³-hybridized carbons (Fsp3) is 0.333. The zero-order chi connectivity index (χ0) is 7.82. The Hall–Kier alpha value is -1.18. The molecule has 0 amide bonds. The number of hydrogen-bond acceptors (Lipinski definition) is 1. The van der Waals surface area contributed by atoms with Crippen LogP contribution in [-0.2, 0) is 0 Å². The Morgan fingerprint density at radius 2 is 2.20 bits per heavy atom. The standard InChI is InChI=1S/C9H10O/c1-3-9(2)7-5-4-6-8-10/h3,10H,8H2,1-2H3/b9-3-. The van der Waals surface area contributed by atoms with Gasteiger partial charge in [0.05, 0.1) is 0 Å². The highest BCUT2D eigenvalue weighted by molar-refractivity contribution is 5.35. The van der Waals surface area contributed by atoms with Crippen molar-refractivity contribution in [3.63, 3.8) is 0 Å². The molecule has 0 atom stereocenters. The third-order valence-electron chi connectivity index (χ3n) is 0.923. The lowest BCUT2D eigenvalue weighted by Crippen LogP contribution is -1.69. The van der Waals surface area contributed by atoms with Crippen LogP contribution in [0.25, 0.3) is 0 Å². The van der Waals surface area contributed by atoms with Crippen molar-refractivity contribution in [2.75, 3.05) is 6.61 Å². The molecule has 1 heteroatoms. The molecule has 0 aromatic heterocycles. The molecule has 1 N–H and O–H groups in total. The van der Waals surface area contributed by atoms with E-state index in [0.29, 0.717) is 0 Å². The predicted molar refractivity (Wildman–Crippen MR) is 42.1 cm³/mol. The summed E-state index contributed by atoms with van der Waals surface area (Å²) in [5.41, 5.74) is 0.993. The van der Waals surface area contributed by atoms with Crippen LogP contribution in [0.2, 0.25) is 0 Å². The quantitative estimate of drug-likeness (QED) is 0.489. The van der Waals surface area contributed by atoms with E-state index in [4.69, 9.17) is 5.11 Å². The van der Waals surface area contributed by atoms with Crippen molar-refractivity contribution in [1.29, 1.82) is 0 Å². The minimum absolute atomic E-state index is 0.121. The van der Waals surface area contributed by atoms with Crippen molar-refractivity contribution in [1.82, 2.24) is 0 Å². The Bertz CT molecular complexity index is 227. The highest BCUT2D eigenvalue weighted by atomic mass is 16.2. The van der Waals surface area contributed by atoms with Gasteiger partial charge in [-0.15, -0.1) is 0 Å². The van der Waals surface area contributed by atoms with E-state index in [0.717, 1.165) is 5.57 Å². The van der Waals surface area contributed by atoms with E-state index in [9.17, 15) is 0 Å². The first-order valence-corrected chi connectivity index (χ1v) is 3.04. The zero-order valence-electron chi connectivity index (χ0n) is 6.23. The second-order valence-corrected chi connectivity index (χ2v) is 1.68. The summed E-state index contributed by atoms with van der Waals surface area (Å²) in [6.45, 7) is 3.71. The number of rotatable bonds is 0. The van der Waals surface area contributed by atoms with Crippen molar-refractivity contribution in [2.24, 2.45) is 0 Å². The van der Waals surface area contributed by atoms with Crippen molar-refractivity contribution < 1.29 is 5.11 Å². The van der Waals surface area contributed by atoms with E-state index < -0.39 is 0 Å². The van der Waals surface area contributed by atoms with Gasteiger partial charge in [0.2, 0.25) is 0 Å². The zero-order valence-corrected chi connectivity index (χ0v) is 6.23. The van der Waals surface area contributed by atoms with Gasteiger partial charge in [-0.05, 0) is 31.3 Å². The van der Waals surface area contributed by atoms with Gasteiger partial charge in [-0.2, -0.15) is 0 Å². The van der Waals surface area contributed by atoms with Crippen molar-refractivity contribution in [2.45, 2.75) is 13.8 Å². The Balaban J connectivity index is 3.93. The maximum atomic E-state index is 8.23. The number of aliphatic hydroxyl groups excluding tert-OH is 1. The summed E-state index contributed by atoms with van der Waals surface area (Å²) in [5.74, 6) is 10.3. The summed E-state index contributed by atoms with van der Waals surface area (Å²) in [6, 6.07) is 0. The van der Waals surface area contributed by atoms with Crippen LogP contribution >= 0.6 is 0 Å². The van der Waals surface area contributed by atoms with Crippen LogP contribution in [0.5, 0.6) is 0 Å². The third kappa shape index (κ3) is 4.97. The second-order valence-electron chi connectivity index (χ2n) is 1.68. The SMILES string of the molecule is C/C=C(/C)C#CC#CCO. The highest BCUT2D eigenvalue weighted by Crippen LogP contribution is 1.84. The average molecular weight is 134 g/mol. The molecule has 0 aliphatic rings. The minimum Gasteiger partial charge on any atom is -0.384 e. The Kier molecular flexibility index (Phi) is 5.25. The summed E-state index contributed by atoms with van der Waals surface area (Å²) >= 11 is 0. The van der Waals surface area contributed by atoms with E-state index in [2.05, 4.69) is 23.7 Å². The van der Waals surface area contributed by atoms with Crippen molar-refractivity contribution in [3.05, 3.63) is 11.6 Å². The molecule has 0 bridgehead atoms. The van der Waals surface area contributed by atoms with Gasteiger partial charge in [-0.3, -0.25) is 0 Å². The fourth-order valence-corrected chi connectivity index (χ4v) is 0.286. The molecule has 10 heavy (non-hydrogen) atoms. The van der Waals surface area contributed by atoms with Crippen LogP contribution < -0.4 is 0 Å². The average Bonchev–Trinajstić information content (AvgIpc) is 1.98. The van der Waals surface area contributed by atoms with Gasteiger partial charge in [-0.25, -0.2) is 0 Å². The van der Waals surface area contributed by atoms with Crippen LogP contribution in [0.4, 0.5) is 0 Å². The number of allylic oxidation sites excluding steroid dienone is 2. The molecule has 0 fully saturated rings. The van der Waals surface area contributed by atoms with Crippen LogP contribution in [0.1, 0.15) is 13.8 Å². The molecule has 0 aliphatic heterocycles. The molecule has 0 unspecified atom stereocenters. The van der Waals surface area contributed by atoms with Gasteiger partial charge in [0, 0.05) is 0 Å². The molecule has 0 aliphatic carbocycles. The van der Waals surface area contributed by atoms with Crippen molar-refractivity contribution >= 4 is 0 Å². The maximum Gasteiger partial charge on any atom is 0.105 e. The maximum absolute atomic E-state index is 8.23. The first-order valence-electron chi connectivity index (χ1n) is 3.04. The molecular formula is C9H10O. The van der Waals surface area contributed by atoms with E-state index in [1.165, 1.54) is 0 Å². The van der Waals surface area contributed by atoms with Crippen molar-refractivity contribution in [3.8, 4) is 23.7 Å². The summed E-state index contributed by atoms with van der Waals surface area (Å²) in [6.07, 6.45) is 1.91. The number of hydrogen-bond donors (Lipinski definition) is 1. The van der Waals surface area contributed by atoms with Crippen LogP contribution in [-0.4, -0.2) is 11.7 Å². The van der Waals surface area contributed by atoms with Gasteiger partial charge < -0.3 is 5.11 Å². The summed E-state index contributed by atoms with van der Waals surface area (Å²) < 4.78 is 0. The van der Waals surface area contributed by atoms with E-state index in [-0.39, 0.29) is 6.61 Å². The van der Waals surface area contributed by atoms with E-state index in [1.807, 2.05) is 19.9 Å². The molecule has 52 valence electrons. The Labute approximate surface area is 61.8 Å². The molecule has 0 radical (unpaired) electrons. The molecular weight excluding hydrogens is 124 g/mol. The Morgan fingerprint density at radius 3 is 2.70 bits per heavy atom. The largest absolute Gasteiger partial charge is 0.384 e. The summed E-state index contributed by atoms with van der Waals surface area (Å²) in [5, 5.41) is 8.23. The van der Waals surface area contributed by atoms with Gasteiger partial charge in [0.15, 0.2) is 0 Å². The summed E-state index contributed by atoms with van der Waals surface area (Å²) in [7, 11) is 0. The highest BCUT2D eigenvalue weighted by Gasteiger charge is 1.70. The molecule has 0 saturated heterocycles. The normalized spacial score (nSPS) is 8.90. The molecule has 0 saturated carbocycles. The smallest absolute Gasteiger partial charge is 0.105 e. The lowest BCUT2D eigenvalue weighted by Gasteiger charge is -1.76. The van der Waals surface area contributed by atoms with Gasteiger partial charge in [0.25, 0.3) is 0 Å². The molecule has 1 nitrogen and oxygen atoms in total. The first kappa shape index (κ1) is 8.82. The molecule has 0 spiro atoms.